The molecule has 70 valence electrons. The first-order valence-corrected chi connectivity index (χ1v) is 4.36. The summed E-state index contributed by atoms with van der Waals surface area (Å²) >= 11 is 0. The Morgan fingerprint density at radius 3 is 2.85 bits per heavy atom. The lowest BCUT2D eigenvalue weighted by Gasteiger charge is -2.05. The van der Waals surface area contributed by atoms with Gasteiger partial charge in [-0.3, -0.25) is 0 Å². The van der Waals surface area contributed by atoms with Gasteiger partial charge < -0.3 is 10.2 Å². The lowest BCUT2D eigenvalue weighted by Crippen LogP contribution is -2.09. The van der Waals surface area contributed by atoms with Gasteiger partial charge in [0.05, 0.1) is 12.3 Å². The molecule has 0 aromatic carbocycles. The number of nitriles is 1. The van der Waals surface area contributed by atoms with Gasteiger partial charge in [-0.05, 0) is 12.0 Å². The lowest BCUT2D eigenvalue weighted by molar-refractivity contribution is 0.466. The van der Waals surface area contributed by atoms with Crippen LogP contribution in [0.1, 0.15) is 31.2 Å². The predicted octanol–water partition coefficient (Wildman–Crippen LogP) is 2.00. The van der Waals surface area contributed by atoms with Crippen LogP contribution in [-0.2, 0) is 6.42 Å². The summed E-state index contributed by atoms with van der Waals surface area (Å²) in [6, 6.07) is 3.21. The Kier molecular flexibility index (Phi) is 3.10. The van der Waals surface area contributed by atoms with Crippen molar-refractivity contribution in [3.63, 3.8) is 0 Å². The largest absolute Gasteiger partial charge is 0.469 e. The summed E-state index contributed by atoms with van der Waals surface area (Å²) in [5.74, 6) is 1.35. The minimum Gasteiger partial charge on any atom is -0.469 e. The second-order valence-electron chi connectivity index (χ2n) is 3.50. The second-order valence-corrected chi connectivity index (χ2v) is 3.50. The Morgan fingerprint density at radius 2 is 2.31 bits per heavy atom. The predicted molar refractivity (Wildman–Crippen MR) is 49.8 cm³/mol. The Morgan fingerprint density at radius 1 is 1.62 bits per heavy atom. The summed E-state index contributed by atoms with van der Waals surface area (Å²) in [6.45, 7) is 4.20. The summed E-state index contributed by atoms with van der Waals surface area (Å²) in [6.07, 6.45) is 2.42. The highest BCUT2D eigenvalue weighted by molar-refractivity contribution is 5.25. The first-order chi connectivity index (χ1) is 6.15. The van der Waals surface area contributed by atoms with E-state index in [0.717, 1.165) is 17.7 Å². The Balaban J connectivity index is 2.84. The van der Waals surface area contributed by atoms with Gasteiger partial charge in [0.25, 0.3) is 0 Å². The van der Waals surface area contributed by atoms with Crippen molar-refractivity contribution in [1.82, 2.24) is 0 Å². The van der Waals surface area contributed by atoms with Crippen molar-refractivity contribution in [1.29, 1.82) is 5.26 Å². The third kappa shape index (κ3) is 2.33. The van der Waals surface area contributed by atoms with E-state index in [-0.39, 0.29) is 0 Å². The number of rotatable bonds is 3. The van der Waals surface area contributed by atoms with Gasteiger partial charge in [0.15, 0.2) is 0 Å². The smallest absolute Gasteiger partial charge is 0.122 e. The molecule has 0 bridgehead atoms. The number of hydrogen-bond donors (Lipinski definition) is 1. The van der Waals surface area contributed by atoms with Crippen molar-refractivity contribution in [3.05, 3.63) is 23.7 Å². The fourth-order valence-corrected chi connectivity index (χ4v) is 1.23. The Hall–Kier alpha value is -1.27. The van der Waals surface area contributed by atoms with E-state index in [1.54, 1.807) is 12.3 Å². The molecule has 1 rings (SSSR count). The average Bonchev–Trinajstić information content (AvgIpc) is 2.50. The summed E-state index contributed by atoms with van der Waals surface area (Å²) in [5.41, 5.74) is 6.41. The minimum absolute atomic E-state index is 0.510. The van der Waals surface area contributed by atoms with E-state index in [4.69, 9.17) is 15.4 Å². The van der Waals surface area contributed by atoms with Crippen LogP contribution < -0.4 is 5.73 Å². The first kappa shape index (κ1) is 9.82. The van der Waals surface area contributed by atoms with E-state index in [1.165, 1.54) is 0 Å². The molecule has 0 aliphatic carbocycles. The van der Waals surface area contributed by atoms with Crippen LogP contribution in [0.2, 0.25) is 0 Å². The van der Waals surface area contributed by atoms with Gasteiger partial charge in [-0.1, -0.05) is 13.8 Å². The molecule has 0 radical (unpaired) electrons. The first-order valence-electron chi connectivity index (χ1n) is 4.36. The molecule has 1 unspecified atom stereocenters. The SMILES string of the molecule is CC(C)Cc1occc1C(N)C#N. The monoisotopic (exact) mass is 178 g/mol. The van der Waals surface area contributed by atoms with Crippen molar-refractivity contribution in [2.24, 2.45) is 11.7 Å². The van der Waals surface area contributed by atoms with Gasteiger partial charge in [0.2, 0.25) is 0 Å². The van der Waals surface area contributed by atoms with Crippen LogP contribution in [0.3, 0.4) is 0 Å². The molecular formula is C10H14N2O. The highest BCUT2D eigenvalue weighted by atomic mass is 16.3. The van der Waals surface area contributed by atoms with Crippen molar-refractivity contribution < 1.29 is 4.42 Å². The highest BCUT2D eigenvalue weighted by Gasteiger charge is 2.13. The number of nitrogens with two attached hydrogens (primary N) is 1. The van der Waals surface area contributed by atoms with Crippen LogP contribution >= 0.6 is 0 Å². The van der Waals surface area contributed by atoms with Gasteiger partial charge in [0.1, 0.15) is 11.8 Å². The van der Waals surface area contributed by atoms with E-state index in [9.17, 15) is 0 Å². The van der Waals surface area contributed by atoms with Gasteiger partial charge in [-0.25, -0.2) is 0 Å². The van der Waals surface area contributed by atoms with Crippen LogP contribution in [0, 0.1) is 17.2 Å². The van der Waals surface area contributed by atoms with E-state index >= 15 is 0 Å². The van der Waals surface area contributed by atoms with Crippen LogP contribution in [0.25, 0.3) is 0 Å². The molecule has 2 N–H and O–H groups in total. The zero-order valence-corrected chi connectivity index (χ0v) is 7.95. The molecule has 0 aliphatic heterocycles. The topological polar surface area (TPSA) is 62.9 Å². The quantitative estimate of drug-likeness (QED) is 0.770. The second kappa shape index (κ2) is 4.11. The summed E-state index contributed by atoms with van der Waals surface area (Å²) in [5, 5.41) is 8.65. The maximum absolute atomic E-state index is 8.65. The van der Waals surface area contributed by atoms with E-state index < -0.39 is 6.04 Å². The fourth-order valence-electron chi connectivity index (χ4n) is 1.23. The zero-order valence-electron chi connectivity index (χ0n) is 7.95. The van der Waals surface area contributed by atoms with Crippen LogP contribution in [0.4, 0.5) is 0 Å². The van der Waals surface area contributed by atoms with Crippen LogP contribution in [-0.4, -0.2) is 0 Å². The molecule has 0 saturated carbocycles. The van der Waals surface area contributed by atoms with E-state index in [0.29, 0.717) is 5.92 Å². The molecule has 1 heterocycles. The molecule has 0 saturated heterocycles. The lowest BCUT2D eigenvalue weighted by atomic mass is 10.0. The van der Waals surface area contributed by atoms with Crippen molar-refractivity contribution >= 4 is 0 Å². The number of nitrogens with zero attached hydrogens (tertiary/aromatic N) is 1. The highest BCUT2D eigenvalue weighted by Crippen LogP contribution is 2.19. The van der Waals surface area contributed by atoms with Crippen molar-refractivity contribution in [3.8, 4) is 6.07 Å². The number of hydrogen-bond acceptors (Lipinski definition) is 3. The molecule has 0 amide bonds. The average molecular weight is 178 g/mol. The molecule has 13 heavy (non-hydrogen) atoms. The molecule has 0 aliphatic rings. The normalized spacial score (nSPS) is 12.8. The zero-order chi connectivity index (χ0) is 9.84. The maximum atomic E-state index is 8.65. The van der Waals surface area contributed by atoms with Gasteiger partial charge in [-0.15, -0.1) is 0 Å². The molecule has 0 fully saturated rings. The minimum atomic E-state index is -0.563. The van der Waals surface area contributed by atoms with E-state index in [1.807, 2.05) is 6.07 Å². The molecule has 1 aromatic heterocycles. The Labute approximate surface area is 78.1 Å². The summed E-state index contributed by atoms with van der Waals surface area (Å²) in [7, 11) is 0. The van der Waals surface area contributed by atoms with Crippen LogP contribution in [0.5, 0.6) is 0 Å². The molecule has 1 atom stereocenters. The third-order valence-corrected chi connectivity index (χ3v) is 1.85. The van der Waals surface area contributed by atoms with Gasteiger partial charge >= 0.3 is 0 Å². The van der Waals surface area contributed by atoms with E-state index in [2.05, 4.69) is 13.8 Å². The molecule has 3 nitrogen and oxygen atoms in total. The van der Waals surface area contributed by atoms with Crippen molar-refractivity contribution in [2.45, 2.75) is 26.3 Å². The van der Waals surface area contributed by atoms with Gasteiger partial charge in [-0.2, -0.15) is 5.26 Å². The standard InChI is InChI=1S/C10H14N2O/c1-7(2)5-10-8(3-4-13-10)9(12)6-11/h3-4,7,9H,5,12H2,1-2H3. The fraction of sp³-hybridized carbons (Fsp3) is 0.500. The molecule has 0 spiro atoms. The summed E-state index contributed by atoms with van der Waals surface area (Å²) in [4.78, 5) is 0. The van der Waals surface area contributed by atoms with Crippen LogP contribution in [0.15, 0.2) is 16.7 Å². The number of furan rings is 1. The summed E-state index contributed by atoms with van der Waals surface area (Å²) < 4.78 is 5.27. The Bertz CT molecular complexity index is 309. The van der Waals surface area contributed by atoms with Crippen molar-refractivity contribution in [2.75, 3.05) is 0 Å². The third-order valence-electron chi connectivity index (χ3n) is 1.85. The van der Waals surface area contributed by atoms with Gasteiger partial charge in [0, 0.05) is 12.0 Å². The molecule has 1 aromatic rings. The molecule has 3 heteroatoms. The molecular weight excluding hydrogens is 164 g/mol. The maximum Gasteiger partial charge on any atom is 0.122 e.